The maximum atomic E-state index is 5.95. The van der Waals surface area contributed by atoms with Crippen molar-refractivity contribution in [2.24, 2.45) is 0 Å². The third-order valence-corrected chi connectivity index (χ3v) is 3.91. The van der Waals surface area contributed by atoms with Crippen LogP contribution in [0.4, 0.5) is 5.13 Å². The lowest BCUT2D eigenvalue weighted by Crippen LogP contribution is -2.14. The van der Waals surface area contributed by atoms with E-state index in [9.17, 15) is 0 Å². The second-order valence-electron chi connectivity index (χ2n) is 4.32. The topological polar surface area (TPSA) is 24.9 Å². The molecular formula is C13H17ClN2S. The average Bonchev–Trinajstić information content (AvgIpc) is 2.67. The smallest absolute Gasteiger partial charge is 0.183 e. The van der Waals surface area contributed by atoms with Crippen LogP contribution in [0.3, 0.4) is 0 Å². The van der Waals surface area contributed by atoms with Gasteiger partial charge in [-0.15, -0.1) is 0 Å². The van der Waals surface area contributed by atoms with E-state index in [0.717, 1.165) is 15.7 Å². The molecule has 0 radical (unpaired) electrons. The van der Waals surface area contributed by atoms with Crippen molar-refractivity contribution in [1.82, 2.24) is 4.98 Å². The molecule has 1 unspecified atom stereocenters. The minimum Gasteiger partial charge on any atom is -0.359 e. The molecule has 2 rings (SSSR count). The molecule has 0 aliphatic heterocycles. The summed E-state index contributed by atoms with van der Waals surface area (Å²) in [6.07, 6.45) is 3.68. The van der Waals surface area contributed by atoms with Gasteiger partial charge in [0.2, 0.25) is 0 Å². The van der Waals surface area contributed by atoms with Gasteiger partial charge >= 0.3 is 0 Å². The lowest BCUT2D eigenvalue weighted by Gasteiger charge is -2.11. The molecule has 1 aromatic heterocycles. The van der Waals surface area contributed by atoms with Crippen LogP contribution in [0.2, 0.25) is 5.02 Å². The van der Waals surface area contributed by atoms with Crippen molar-refractivity contribution in [2.75, 3.05) is 5.32 Å². The van der Waals surface area contributed by atoms with E-state index in [1.54, 1.807) is 11.3 Å². The van der Waals surface area contributed by atoms with E-state index in [4.69, 9.17) is 11.6 Å². The zero-order chi connectivity index (χ0) is 12.3. The summed E-state index contributed by atoms with van der Waals surface area (Å²) in [4.78, 5) is 4.54. The van der Waals surface area contributed by atoms with Crippen molar-refractivity contribution >= 4 is 38.3 Å². The summed E-state index contributed by atoms with van der Waals surface area (Å²) in [7, 11) is 0. The molecule has 1 aromatic carbocycles. The molecular weight excluding hydrogens is 252 g/mol. The van der Waals surface area contributed by atoms with E-state index in [1.807, 2.05) is 18.2 Å². The quantitative estimate of drug-likeness (QED) is 0.831. The predicted octanol–water partition coefficient (Wildman–Crippen LogP) is 4.94. The molecule has 1 atom stereocenters. The first-order valence-corrected chi connectivity index (χ1v) is 7.21. The molecule has 2 nitrogen and oxygen atoms in total. The number of rotatable bonds is 5. The molecule has 92 valence electrons. The minimum absolute atomic E-state index is 0.478. The van der Waals surface area contributed by atoms with E-state index in [2.05, 4.69) is 24.1 Å². The Hall–Kier alpha value is -0.800. The first-order valence-electron chi connectivity index (χ1n) is 6.01. The van der Waals surface area contributed by atoms with E-state index in [0.29, 0.717) is 6.04 Å². The first kappa shape index (κ1) is 12.7. The first-order chi connectivity index (χ1) is 8.19. The SMILES string of the molecule is CCCCC(C)Nc1nc2cc(Cl)ccc2s1. The summed E-state index contributed by atoms with van der Waals surface area (Å²) in [6.45, 7) is 4.42. The Balaban J connectivity index is 2.08. The molecule has 0 aliphatic rings. The van der Waals surface area contributed by atoms with E-state index < -0.39 is 0 Å². The Morgan fingerprint density at radius 2 is 2.29 bits per heavy atom. The van der Waals surface area contributed by atoms with Gasteiger partial charge in [-0.1, -0.05) is 42.7 Å². The minimum atomic E-state index is 0.478. The third-order valence-electron chi connectivity index (χ3n) is 2.71. The van der Waals surface area contributed by atoms with Gasteiger partial charge in [0.05, 0.1) is 10.2 Å². The van der Waals surface area contributed by atoms with Crippen LogP contribution in [0.25, 0.3) is 10.2 Å². The highest BCUT2D eigenvalue weighted by molar-refractivity contribution is 7.22. The molecule has 0 amide bonds. The van der Waals surface area contributed by atoms with Crippen LogP contribution in [0.1, 0.15) is 33.1 Å². The van der Waals surface area contributed by atoms with Crippen LogP contribution in [0.15, 0.2) is 18.2 Å². The van der Waals surface area contributed by atoms with Gasteiger partial charge in [0.25, 0.3) is 0 Å². The summed E-state index contributed by atoms with van der Waals surface area (Å²) in [6, 6.07) is 6.32. The summed E-state index contributed by atoms with van der Waals surface area (Å²) in [5, 5.41) is 5.19. The number of hydrogen-bond acceptors (Lipinski definition) is 3. The molecule has 0 aliphatic carbocycles. The number of nitrogens with one attached hydrogen (secondary N) is 1. The number of unbranched alkanes of at least 4 members (excludes halogenated alkanes) is 1. The van der Waals surface area contributed by atoms with Crippen molar-refractivity contribution in [2.45, 2.75) is 39.2 Å². The molecule has 0 fully saturated rings. The average molecular weight is 269 g/mol. The van der Waals surface area contributed by atoms with Gasteiger partial charge in [-0.05, 0) is 31.5 Å². The fourth-order valence-corrected chi connectivity index (χ4v) is 2.88. The van der Waals surface area contributed by atoms with Gasteiger partial charge < -0.3 is 5.32 Å². The van der Waals surface area contributed by atoms with Gasteiger partial charge in [-0.3, -0.25) is 0 Å². The van der Waals surface area contributed by atoms with Gasteiger partial charge in [0.1, 0.15) is 0 Å². The van der Waals surface area contributed by atoms with Crippen molar-refractivity contribution in [1.29, 1.82) is 0 Å². The molecule has 0 spiro atoms. The van der Waals surface area contributed by atoms with Crippen LogP contribution in [0, 0.1) is 0 Å². The van der Waals surface area contributed by atoms with E-state index in [-0.39, 0.29) is 0 Å². The standard InChI is InChI=1S/C13H17ClN2S/c1-3-4-5-9(2)15-13-16-11-8-10(14)6-7-12(11)17-13/h6-9H,3-5H2,1-2H3,(H,15,16). The van der Waals surface area contributed by atoms with Gasteiger partial charge in [-0.25, -0.2) is 4.98 Å². The monoisotopic (exact) mass is 268 g/mol. The number of nitrogens with zero attached hydrogens (tertiary/aromatic N) is 1. The highest BCUT2D eigenvalue weighted by Gasteiger charge is 2.07. The number of halogens is 1. The Morgan fingerprint density at radius 1 is 1.47 bits per heavy atom. The number of hydrogen-bond donors (Lipinski definition) is 1. The largest absolute Gasteiger partial charge is 0.359 e. The Labute approximate surface area is 111 Å². The summed E-state index contributed by atoms with van der Waals surface area (Å²) in [5.41, 5.74) is 0.979. The van der Waals surface area contributed by atoms with Gasteiger partial charge in [0.15, 0.2) is 5.13 Å². The molecule has 1 N–H and O–H groups in total. The Bertz CT molecular complexity index is 495. The highest BCUT2D eigenvalue weighted by Crippen LogP contribution is 2.28. The Kier molecular flexibility index (Phi) is 4.24. The van der Waals surface area contributed by atoms with Crippen LogP contribution in [-0.4, -0.2) is 11.0 Å². The number of benzene rings is 1. The number of fused-ring (bicyclic) bond motifs is 1. The number of anilines is 1. The number of aromatic nitrogens is 1. The van der Waals surface area contributed by atoms with Crippen LogP contribution >= 0.6 is 22.9 Å². The van der Waals surface area contributed by atoms with Gasteiger partial charge in [0, 0.05) is 11.1 Å². The summed E-state index contributed by atoms with van der Waals surface area (Å²) >= 11 is 7.63. The molecule has 0 bridgehead atoms. The highest BCUT2D eigenvalue weighted by atomic mass is 35.5. The normalized spacial score (nSPS) is 12.9. The van der Waals surface area contributed by atoms with Crippen LogP contribution < -0.4 is 5.32 Å². The van der Waals surface area contributed by atoms with E-state index >= 15 is 0 Å². The maximum absolute atomic E-state index is 5.95. The van der Waals surface area contributed by atoms with Crippen molar-refractivity contribution < 1.29 is 0 Å². The molecule has 0 saturated heterocycles. The zero-order valence-corrected chi connectivity index (χ0v) is 11.7. The maximum Gasteiger partial charge on any atom is 0.183 e. The molecule has 17 heavy (non-hydrogen) atoms. The second-order valence-corrected chi connectivity index (χ2v) is 5.79. The van der Waals surface area contributed by atoms with Crippen LogP contribution in [-0.2, 0) is 0 Å². The molecule has 2 aromatic rings. The Morgan fingerprint density at radius 3 is 3.06 bits per heavy atom. The third kappa shape index (κ3) is 3.33. The fraction of sp³-hybridized carbons (Fsp3) is 0.462. The molecule has 1 heterocycles. The zero-order valence-electron chi connectivity index (χ0n) is 10.2. The van der Waals surface area contributed by atoms with E-state index in [1.165, 1.54) is 24.0 Å². The summed E-state index contributed by atoms with van der Waals surface area (Å²) < 4.78 is 1.18. The molecule has 4 heteroatoms. The van der Waals surface area contributed by atoms with Crippen LogP contribution in [0.5, 0.6) is 0 Å². The lowest BCUT2D eigenvalue weighted by molar-refractivity contribution is 0.645. The summed E-state index contributed by atoms with van der Waals surface area (Å²) in [5.74, 6) is 0. The predicted molar refractivity (Wildman–Crippen MR) is 77.2 cm³/mol. The number of thiazole rings is 1. The van der Waals surface area contributed by atoms with Crippen molar-refractivity contribution in [3.8, 4) is 0 Å². The van der Waals surface area contributed by atoms with Crippen molar-refractivity contribution in [3.63, 3.8) is 0 Å². The lowest BCUT2D eigenvalue weighted by atomic mass is 10.1. The van der Waals surface area contributed by atoms with Gasteiger partial charge in [-0.2, -0.15) is 0 Å². The van der Waals surface area contributed by atoms with Crippen molar-refractivity contribution in [3.05, 3.63) is 23.2 Å². The molecule has 0 saturated carbocycles. The second kappa shape index (κ2) is 5.69. The fourth-order valence-electron chi connectivity index (χ4n) is 1.76.